The van der Waals surface area contributed by atoms with E-state index in [-0.39, 0.29) is 27.8 Å². The lowest BCUT2D eigenvalue weighted by Crippen LogP contribution is -2.22. The summed E-state index contributed by atoms with van der Waals surface area (Å²) in [6, 6.07) is 18.0. The Balaban J connectivity index is 1.71. The Morgan fingerprint density at radius 2 is 1.74 bits per heavy atom. The van der Waals surface area contributed by atoms with Crippen molar-refractivity contribution in [2.24, 2.45) is 7.05 Å². The van der Waals surface area contributed by atoms with Gasteiger partial charge in [-0.15, -0.1) is 16.9 Å². The first-order valence-electron chi connectivity index (χ1n) is 10.9. The average molecular weight is 510 g/mol. The van der Waals surface area contributed by atoms with Gasteiger partial charge in [0.25, 0.3) is 5.69 Å². The van der Waals surface area contributed by atoms with Crippen molar-refractivity contribution in [1.29, 1.82) is 0 Å². The van der Waals surface area contributed by atoms with E-state index in [1.54, 1.807) is 30.9 Å². The number of benzene rings is 2. The Morgan fingerprint density at radius 3 is 2.40 bits per heavy atom. The van der Waals surface area contributed by atoms with Crippen LogP contribution in [0, 0.1) is 10.1 Å². The molecule has 2 heterocycles. The van der Waals surface area contributed by atoms with Gasteiger partial charge >= 0.3 is 5.69 Å². The van der Waals surface area contributed by atoms with Crippen LogP contribution in [0.15, 0.2) is 70.4 Å². The number of nitro groups is 1. The number of halogens is 1. The molecule has 0 spiro atoms. The summed E-state index contributed by atoms with van der Waals surface area (Å²) in [6.07, 6.45) is 0. The van der Waals surface area contributed by atoms with Gasteiger partial charge in [-0.25, -0.2) is 9.78 Å². The van der Waals surface area contributed by atoms with Crippen LogP contribution >= 0.6 is 23.4 Å². The zero-order chi connectivity index (χ0) is 25.3. The van der Waals surface area contributed by atoms with Gasteiger partial charge in [-0.3, -0.25) is 14.7 Å². The van der Waals surface area contributed by atoms with E-state index in [4.69, 9.17) is 11.6 Å². The summed E-state index contributed by atoms with van der Waals surface area (Å²) in [4.78, 5) is 29.2. The molecule has 0 aliphatic heterocycles. The van der Waals surface area contributed by atoms with Crippen molar-refractivity contribution in [2.75, 3.05) is 0 Å². The van der Waals surface area contributed by atoms with Gasteiger partial charge in [0.1, 0.15) is 16.5 Å². The standard InChI is InChI=1S/C25H24ClN5O3S/c1-25(2,3)17-11-9-16(10-12-17)15-35-20-13-14-21(26)27-22(20)23-28-30(24(32)29(23)4)18-7-5-6-8-19(18)31(33)34/h5-14H,15H2,1-4H3. The summed E-state index contributed by atoms with van der Waals surface area (Å²) in [6.45, 7) is 6.53. The van der Waals surface area contributed by atoms with E-state index in [9.17, 15) is 14.9 Å². The molecule has 180 valence electrons. The zero-order valence-corrected chi connectivity index (χ0v) is 21.3. The number of thioether (sulfide) groups is 1. The number of nitro benzene ring substituents is 1. The third-order valence-corrected chi connectivity index (χ3v) is 6.87. The normalized spacial score (nSPS) is 11.6. The van der Waals surface area contributed by atoms with Gasteiger partial charge in [0.15, 0.2) is 5.82 Å². The predicted molar refractivity (Wildman–Crippen MR) is 138 cm³/mol. The first kappa shape index (κ1) is 24.7. The Morgan fingerprint density at radius 1 is 1.06 bits per heavy atom. The van der Waals surface area contributed by atoms with E-state index in [0.29, 0.717) is 11.4 Å². The minimum absolute atomic E-state index is 0.0797. The number of nitrogens with zero attached hydrogens (tertiary/aromatic N) is 5. The number of hydrogen-bond acceptors (Lipinski definition) is 6. The fourth-order valence-corrected chi connectivity index (χ4v) is 4.66. The van der Waals surface area contributed by atoms with Gasteiger partial charge in [-0.05, 0) is 34.7 Å². The van der Waals surface area contributed by atoms with Gasteiger partial charge in [0.2, 0.25) is 0 Å². The topological polar surface area (TPSA) is 95.8 Å². The van der Waals surface area contributed by atoms with Gasteiger partial charge in [0.05, 0.1) is 4.92 Å². The molecule has 0 N–H and O–H groups in total. The highest BCUT2D eigenvalue weighted by Gasteiger charge is 2.23. The number of hydrogen-bond donors (Lipinski definition) is 0. The van der Waals surface area contributed by atoms with Crippen molar-refractivity contribution >= 4 is 29.1 Å². The maximum atomic E-state index is 13.0. The van der Waals surface area contributed by atoms with Crippen molar-refractivity contribution < 1.29 is 4.92 Å². The van der Waals surface area contributed by atoms with E-state index in [2.05, 4.69) is 55.1 Å². The van der Waals surface area contributed by atoms with Crippen LogP contribution in [0.4, 0.5) is 5.69 Å². The quantitative estimate of drug-likeness (QED) is 0.141. The molecule has 0 atom stereocenters. The fourth-order valence-electron chi connectivity index (χ4n) is 3.56. The highest BCUT2D eigenvalue weighted by molar-refractivity contribution is 7.98. The molecule has 0 fully saturated rings. The van der Waals surface area contributed by atoms with Crippen LogP contribution in [0.25, 0.3) is 17.2 Å². The molecule has 0 amide bonds. The Labute approximate surface area is 211 Å². The maximum absolute atomic E-state index is 13.0. The summed E-state index contributed by atoms with van der Waals surface area (Å²) in [7, 11) is 1.55. The molecule has 10 heteroatoms. The van der Waals surface area contributed by atoms with Crippen LogP contribution in [0.2, 0.25) is 5.15 Å². The molecule has 0 aliphatic rings. The number of para-hydroxylation sites is 2. The average Bonchev–Trinajstić information content (AvgIpc) is 3.12. The molecule has 4 rings (SSSR count). The smallest absolute Gasteiger partial charge is 0.276 e. The van der Waals surface area contributed by atoms with E-state index in [1.807, 2.05) is 6.07 Å². The highest BCUT2D eigenvalue weighted by atomic mass is 35.5. The van der Waals surface area contributed by atoms with Crippen LogP contribution < -0.4 is 5.69 Å². The fraction of sp³-hybridized carbons (Fsp3) is 0.240. The van der Waals surface area contributed by atoms with Gasteiger partial charge in [-0.2, -0.15) is 4.68 Å². The Hall–Kier alpha value is -3.43. The number of aromatic nitrogens is 4. The molecular weight excluding hydrogens is 486 g/mol. The molecule has 0 bridgehead atoms. The van der Waals surface area contributed by atoms with Crippen molar-refractivity contribution in [1.82, 2.24) is 19.3 Å². The van der Waals surface area contributed by atoms with Crippen molar-refractivity contribution in [3.05, 3.63) is 97.5 Å². The maximum Gasteiger partial charge on any atom is 0.351 e. The summed E-state index contributed by atoms with van der Waals surface area (Å²) in [5.41, 5.74) is 2.26. The molecule has 2 aromatic carbocycles. The first-order chi connectivity index (χ1) is 16.6. The minimum atomic E-state index is -0.542. The van der Waals surface area contributed by atoms with Crippen LogP contribution in [-0.2, 0) is 18.2 Å². The van der Waals surface area contributed by atoms with Gasteiger partial charge in [-0.1, -0.05) is 68.8 Å². The predicted octanol–water partition coefficient (Wildman–Crippen LogP) is 5.78. The lowest BCUT2D eigenvalue weighted by molar-refractivity contribution is -0.384. The van der Waals surface area contributed by atoms with Crippen molar-refractivity contribution in [3.63, 3.8) is 0 Å². The molecule has 35 heavy (non-hydrogen) atoms. The Kier molecular flexibility index (Phi) is 6.82. The first-order valence-corrected chi connectivity index (χ1v) is 12.2. The molecule has 0 radical (unpaired) electrons. The third kappa shape index (κ3) is 5.16. The second kappa shape index (κ2) is 9.67. The number of rotatable bonds is 6. The Bertz CT molecular complexity index is 1460. The zero-order valence-electron chi connectivity index (χ0n) is 19.7. The van der Waals surface area contributed by atoms with E-state index >= 15 is 0 Å². The van der Waals surface area contributed by atoms with Gasteiger partial charge < -0.3 is 0 Å². The molecule has 0 saturated heterocycles. The summed E-state index contributed by atoms with van der Waals surface area (Å²) < 4.78 is 2.34. The lowest BCUT2D eigenvalue weighted by atomic mass is 9.87. The summed E-state index contributed by atoms with van der Waals surface area (Å²) in [5, 5.41) is 16.2. The molecule has 0 aliphatic carbocycles. The third-order valence-electron chi connectivity index (χ3n) is 5.54. The van der Waals surface area contributed by atoms with E-state index in [0.717, 1.165) is 15.1 Å². The largest absolute Gasteiger partial charge is 0.351 e. The molecule has 2 aromatic heterocycles. The van der Waals surface area contributed by atoms with Crippen LogP contribution in [0.3, 0.4) is 0 Å². The lowest BCUT2D eigenvalue weighted by Gasteiger charge is -2.19. The monoisotopic (exact) mass is 509 g/mol. The van der Waals surface area contributed by atoms with Crippen LogP contribution in [-0.4, -0.2) is 24.3 Å². The summed E-state index contributed by atoms with van der Waals surface area (Å²) >= 11 is 7.75. The van der Waals surface area contributed by atoms with Crippen LogP contribution in [0.5, 0.6) is 0 Å². The minimum Gasteiger partial charge on any atom is -0.276 e. The van der Waals surface area contributed by atoms with Crippen molar-refractivity contribution in [2.45, 2.75) is 36.8 Å². The molecule has 0 saturated carbocycles. The second-order valence-corrected chi connectivity index (χ2v) is 10.4. The van der Waals surface area contributed by atoms with Crippen LogP contribution in [0.1, 0.15) is 31.9 Å². The molecule has 4 aromatic rings. The molecule has 8 nitrogen and oxygen atoms in total. The second-order valence-electron chi connectivity index (χ2n) is 9.04. The van der Waals surface area contributed by atoms with E-state index in [1.165, 1.54) is 28.3 Å². The SMILES string of the molecule is Cn1c(-c2nc(Cl)ccc2SCc2ccc(C(C)(C)C)cc2)nn(-c2ccccc2[N+](=O)[O-])c1=O. The summed E-state index contributed by atoms with van der Waals surface area (Å²) in [5.74, 6) is 0.945. The number of pyridine rings is 1. The molecule has 0 unspecified atom stereocenters. The van der Waals surface area contributed by atoms with Crippen molar-refractivity contribution in [3.8, 4) is 17.2 Å². The molecular formula is C25H24ClN5O3S. The van der Waals surface area contributed by atoms with Gasteiger partial charge in [0, 0.05) is 23.8 Å². The van der Waals surface area contributed by atoms with E-state index < -0.39 is 10.6 Å². The highest BCUT2D eigenvalue weighted by Crippen LogP contribution is 2.33.